The van der Waals surface area contributed by atoms with Crippen LogP contribution in [-0.2, 0) is 0 Å². The van der Waals surface area contributed by atoms with E-state index in [-0.39, 0.29) is 22.9 Å². The highest BCUT2D eigenvalue weighted by molar-refractivity contribution is 5.79. The van der Waals surface area contributed by atoms with Crippen molar-refractivity contribution in [3.63, 3.8) is 0 Å². The molecule has 0 radical (unpaired) electrons. The number of aromatic hydroxyl groups is 3. The number of hydrogen-bond donors (Lipinski definition) is 3. The minimum Gasteiger partial charge on any atom is -0.505 e. The Labute approximate surface area is 176 Å². The summed E-state index contributed by atoms with van der Waals surface area (Å²) in [5.41, 5.74) is 6.53. The molecule has 0 amide bonds. The van der Waals surface area contributed by atoms with E-state index in [4.69, 9.17) is 0 Å². The minimum absolute atomic E-state index is 0.0759. The predicted octanol–water partition coefficient (Wildman–Crippen LogP) is 3.50. The Morgan fingerprint density at radius 2 is 0.806 bits per heavy atom. The summed E-state index contributed by atoms with van der Waals surface area (Å²) >= 11 is 0. The Balaban J connectivity index is 1.73. The van der Waals surface area contributed by atoms with Gasteiger partial charge in [-0.3, -0.25) is 0 Å². The molecule has 0 bridgehead atoms. The van der Waals surface area contributed by atoms with Crippen LogP contribution in [0.25, 0.3) is 33.4 Å². The molecule has 9 nitrogen and oxygen atoms in total. The number of phenolic OH excluding ortho intramolecular Hbond substituents is 3. The van der Waals surface area contributed by atoms with E-state index in [1.54, 1.807) is 0 Å². The van der Waals surface area contributed by atoms with Gasteiger partial charge in [0.1, 0.15) is 22.1 Å². The Kier molecular flexibility index (Phi) is 3.91. The van der Waals surface area contributed by atoms with Crippen molar-refractivity contribution in [1.82, 2.24) is 30.0 Å². The van der Waals surface area contributed by atoms with Crippen LogP contribution >= 0.6 is 0 Å². The lowest BCUT2D eigenvalue weighted by molar-refractivity contribution is 0.412. The highest BCUT2D eigenvalue weighted by Gasteiger charge is 2.24. The van der Waals surface area contributed by atoms with E-state index in [0.717, 1.165) is 37.9 Å². The van der Waals surface area contributed by atoms with Crippen molar-refractivity contribution < 1.29 is 15.3 Å². The van der Waals surface area contributed by atoms with Gasteiger partial charge in [0.2, 0.25) is 0 Å². The van der Waals surface area contributed by atoms with E-state index in [1.807, 2.05) is 52.0 Å². The maximum atomic E-state index is 11.0. The van der Waals surface area contributed by atoms with Gasteiger partial charge in [-0.05, 0) is 74.2 Å². The SMILES string of the molecule is Cc1cc2nn(-c3c(O)cc(O)c(-n4nc5cc(C)c(C)cc5n4)c3O)nc2cc1C. The molecule has 0 aliphatic carbocycles. The first kappa shape index (κ1) is 18.9. The van der Waals surface area contributed by atoms with Crippen molar-refractivity contribution in [2.45, 2.75) is 27.7 Å². The van der Waals surface area contributed by atoms with Gasteiger partial charge in [0.25, 0.3) is 0 Å². The number of aryl methyl sites for hydroxylation is 4. The fraction of sp³-hybridized carbons (Fsp3) is 0.182. The Morgan fingerprint density at radius 3 is 1.10 bits per heavy atom. The van der Waals surface area contributed by atoms with Crippen LogP contribution in [-0.4, -0.2) is 45.3 Å². The maximum Gasteiger partial charge on any atom is 0.178 e. The van der Waals surface area contributed by atoms with Gasteiger partial charge < -0.3 is 15.3 Å². The van der Waals surface area contributed by atoms with Gasteiger partial charge in [0, 0.05) is 6.07 Å². The second-order valence-corrected chi connectivity index (χ2v) is 7.79. The largest absolute Gasteiger partial charge is 0.505 e. The second-order valence-electron chi connectivity index (χ2n) is 7.79. The van der Waals surface area contributed by atoms with Crippen molar-refractivity contribution in [2.24, 2.45) is 0 Å². The molecule has 9 heteroatoms. The van der Waals surface area contributed by atoms with E-state index in [1.165, 1.54) is 0 Å². The minimum atomic E-state index is -0.444. The van der Waals surface area contributed by atoms with E-state index in [2.05, 4.69) is 20.4 Å². The van der Waals surface area contributed by atoms with Gasteiger partial charge in [-0.15, -0.1) is 30.0 Å². The molecule has 2 heterocycles. The molecule has 0 saturated carbocycles. The molecule has 5 aromatic rings. The summed E-state index contributed by atoms with van der Waals surface area (Å²) in [5.74, 6) is -1.20. The van der Waals surface area contributed by atoms with Crippen LogP contribution in [0.4, 0.5) is 0 Å². The number of hydrogen-bond acceptors (Lipinski definition) is 7. The molecule has 156 valence electrons. The number of fused-ring (bicyclic) bond motifs is 2. The maximum absolute atomic E-state index is 11.0. The number of phenols is 3. The highest BCUT2D eigenvalue weighted by atomic mass is 16.3. The first-order valence-corrected chi connectivity index (χ1v) is 9.70. The van der Waals surface area contributed by atoms with Crippen molar-refractivity contribution in [3.05, 3.63) is 52.6 Å². The number of aromatic nitrogens is 6. The van der Waals surface area contributed by atoms with Crippen molar-refractivity contribution >= 4 is 22.1 Å². The van der Waals surface area contributed by atoms with Crippen LogP contribution in [0.15, 0.2) is 30.3 Å². The summed E-state index contributed by atoms with van der Waals surface area (Å²) in [6, 6.07) is 8.65. The smallest absolute Gasteiger partial charge is 0.178 e. The zero-order valence-electron chi connectivity index (χ0n) is 17.4. The van der Waals surface area contributed by atoms with Crippen LogP contribution in [0.2, 0.25) is 0 Å². The standard InChI is InChI=1S/C22H20N6O3/c1-10-5-14-15(6-11(10)2)24-27(23-14)20-18(29)9-19(30)21(22(20)31)28-25-16-7-12(3)13(4)8-17(16)26-28/h5-9,29-31H,1-4H3. The Morgan fingerprint density at radius 1 is 0.516 bits per heavy atom. The zero-order valence-corrected chi connectivity index (χ0v) is 17.4. The quantitative estimate of drug-likeness (QED) is 0.402. The number of nitrogens with zero attached hydrogens (tertiary/aromatic N) is 6. The molecule has 0 unspecified atom stereocenters. The molecule has 0 atom stereocenters. The van der Waals surface area contributed by atoms with E-state index in [0.29, 0.717) is 22.1 Å². The molecule has 3 N–H and O–H groups in total. The van der Waals surface area contributed by atoms with Crippen molar-refractivity contribution in [2.75, 3.05) is 0 Å². The fourth-order valence-corrected chi connectivity index (χ4v) is 3.56. The topological polar surface area (TPSA) is 122 Å². The van der Waals surface area contributed by atoms with Crippen molar-refractivity contribution in [3.8, 4) is 28.6 Å². The molecule has 0 spiro atoms. The summed E-state index contributed by atoms with van der Waals surface area (Å²) < 4.78 is 0. The molecular weight excluding hydrogens is 396 g/mol. The fourth-order valence-electron chi connectivity index (χ4n) is 3.56. The molecule has 2 aromatic heterocycles. The summed E-state index contributed by atoms with van der Waals surface area (Å²) in [4.78, 5) is 2.29. The molecule has 0 saturated heterocycles. The lowest BCUT2D eigenvalue weighted by Gasteiger charge is -2.11. The average molecular weight is 416 g/mol. The van der Waals surface area contributed by atoms with Crippen LogP contribution in [0, 0.1) is 27.7 Å². The zero-order chi connectivity index (χ0) is 22.0. The van der Waals surface area contributed by atoms with Gasteiger partial charge >= 0.3 is 0 Å². The molecule has 31 heavy (non-hydrogen) atoms. The molecule has 0 aliphatic heterocycles. The van der Waals surface area contributed by atoms with E-state index in [9.17, 15) is 15.3 Å². The Hall–Kier alpha value is -4.14. The summed E-state index contributed by atoms with van der Waals surface area (Å²) in [5, 5.41) is 49.5. The van der Waals surface area contributed by atoms with Gasteiger partial charge in [-0.25, -0.2) is 0 Å². The molecule has 5 rings (SSSR count). The summed E-state index contributed by atoms with van der Waals surface area (Å²) in [7, 11) is 0. The third-order valence-corrected chi connectivity index (χ3v) is 5.60. The summed E-state index contributed by atoms with van der Waals surface area (Å²) in [6.07, 6.45) is 0. The third kappa shape index (κ3) is 2.85. The molecule has 0 fully saturated rings. The first-order valence-electron chi connectivity index (χ1n) is 9.70. The highest BCUT2D eigenvalue weighted by Crippen LogP contribution is 2.42. The van der Waals surface area contributed by atoms with Gasteiger partial charge in [-0.1, -0.05) is 0 Å². The lowest BCUT2D eigenvalue weighted by atomic mass is 10.1. The Bertz CT molecular complexity index is 1330. The van der Waals surface area contributed by atoms with Gasteiger partial charge in [-0.2, -0.15) is 0 Å². The third-order valence-electron chi connectivity index (χ3n) is 5.60. The first-order chi connectivity index (χ1) is 14.7. The average Bonchev–Trinajstić information content (AvgIpc) is 3.25. The molecule has 0 aliphatic rings. The van der Waals surface area contributed by atoms with Crippen LogP contribution < -0.4 is 0 Å². The van der Waals surface area contributed by atoms with Crippen LogP contribution in [0.1, 0.15) is 22.3 Å². The van der Waals surface area contributed by atoms with Crippen LogP contribution in [0.5, 0.6) is 17.2 Å². The monoisotopic (exact) mass is 416 g/mol. The van der Waals surface area contributed by atoms with Gasteiger partial charge in [0.15, 0.2) is 28.6 Å². The normalized spacial score (nSPS) is 11.6. The van der Waals surface area contributed by atoms with Gasteiger partial charge in [0.05, 0.1) is 0 Å². The molecule has 3 aromatic carbocycles. The van der Waals surface area contributed by atoms with E-state index >= 15 is 0 Å². The summed E-state index contributed by atoms with van der Waals surface area (Å²) in [6.45, 7) is 7.88. The number of rotatable bonds is 2. The van der Waals surface area contributed by atoms with Crippen molar-refractivity contribution in [1.29, 1.82) is 0 Å². The lowest BCUT2D eigenvalue weighted by Crippen LogP contribution is -2.05. The molecular formula is C22H20N6O3. The van der Waals surface area contributed by atoms with E-state index < -0.39 is 5.75 Å². The second kappa shape index (κ2) is 6.43. The number of benzene rings is 3. The van der Waals surface area contributed by atoms with Crippen LogP contribution in [0.3, 0.4) is 0 Å². The predicted molar refractivity (Wildman–Crippen MR) is 115 cm³/mol.